The number of aliphatic imine (C=N–C) groups is 1. The number of unbranched alkanes of at least 4 members (excludes halogenated alkanes) is 1. The number of aryl methyl sites for hydroxylation is 1. The SMILES string of the molecule is C=C(C)C(=C\CCC)/C=C(C)/C(C)=N/c1cc(C(=C)N2CC(C)CC(F)C2)ccc1C. The summed E-state index contributed by atoms with van der Waals surface area (Å²) in [5.41, 5.74) is 8.27. The van der Waals surface area contributed by atoms with Crippen molar-refractivity contribution in [1.82, 2.24) is 4.90 Å². The van der Waals surface area contributed by atoms with E-state index in [-0.39, 0.29) is 0 Å². The van der Waals surface area contributed by atoms with Crippen LogP contribution in [0.25, 0.3) is 5.70 Å². The fraction of sp³-hybridized carbons (Fsp3) is 0.464. The van der Waals surface area contributed by atoms with Gasteiger partial charge in [-0.2, -0.15) is 0 Å². The molecule has 1 aliphatic heterocycles. The van der Waals surface area contributed by atoms with Crippen molar-refractivity contribution in [1.29, 1.82) is 0 Å². The second-order valence-electron chi connectivity index (χ2n) is 9.04. The minimum Gasteiger partial charge on any atom is -0.368 e. The van der Waals surface area contributed by atoms with E-state index in [2.05, 4.69) is 76.1 Å². The molecule has 2 rings (SSSR count). The van der Waals surface area contributed by atoms with Crippen LogP contribution in [0.15, 0.2) is 65.2 Å². The molecule has 168 valence electrons. The van der Waals surface area contributed by atoms with Crippen molar-refractivity contribution in [3.05, 3.63) is 71.4 Å². The predicted octanol–water partition coefficient (Wildman–Crippen LogP) is 7.99. The van der Waals surface area contributed by atoms with Crippen molar-refractivity contribution in [3.8, 4) is 0 Å². The predicted molar refractivity (Wildman–Crippen MR) is 135 cm³/mol. The van der Waals surface area contributed by atoms with E-state index in [0.717, 1.165) is 58.8 Å². The molecule has 0 spiro atoms. The van der Waals surface area contributed by atoms with Gasteiger partial charge in [0.15, 0.2) is 0 Å². The standard InChI is InChI=1S/C28H39FN2/c1-9-10-11-25(19(2)3)15-22(6)23(7)30-28-16-26(13-12-21(28)5)24(8)31-17-20(4)14-27(29)18-31/h11-13,15-16,20,27H,2,8-10,14,17-18H2,1,3-7H3/b22-15+,25-11-,30-23+. The number of allylic oxidation sites excluding steroid dienone is 5. The Morgan fingerprint density at radius 3 is 2.55 bits per heavy atom. The summed E-state index contributed by atoms with van der Waals surface area (Å²) in [6.45, 7) is 22.2. The molecule has 0 N–H and O–H groups in total. The van der Waals surface area contributed by atoms with Gasteiger partial charge in [-0.3, -0.25) is 4.99 Å². The average Bonchev–Trinajstić information content (AvgIpc) is 2.70. The molecule has 1 aliphatic rings. The molecule has 1 heterocycles. The Labute approximate surface area is 189 Å². The van der Waals surface area contributed by atoms with Gasteiger partial charge in [-0.25, -0.2) is 4.39 Å². The molecule has 2 nitrogen and oxygen atoms in total. The van der Waals surface area contributed by atoms with Crippen LogP contribution in [0.2, 0.25) is 0 Å². The maximum absolute atomic E-state index is 14.1. The number of likely N-dealkylation sites (tertiary alicyclic amines) is 1. The second-order valence-corrected chi connectivity index (χ2v) is 9.04. The zero-order chi connectivity index (χ0) is 23.1. The minimum atomic E-state index is -0.790. The van der Waals surface area contributed by atoms with E-state index < -0.39 is 6.17 Å². The van der Waals surface area contributed by atoms with E-state index in [1.807, 2.05) is 13.8 Å². The minimum absolute atomic E-state index is 0.335. The summed E-state index contributed by atoms with van der Waals surface area (Å²) in [7, 11) is 0. The van der Waals surface area contributed by atoms with Crippen LogP contribution in [-0.4, -0.2) is 29.9 Å². The Balaban J connectivity index is 2.30. The molecule has 0 bridgehead atoms. The van der Waals surface area contributed by atoms with Gasteiger partial charge in [0.1, 0.15) is 6.17 Å². The first kappa shape index (κ1) is 24.8. The third-order valence-corrected chi connectivity index (χ3v) is 5.91. The molecule has 2 unspecified atom stereocenters. The summed E-state index contributed by atoms with van der Waals surface area (Å²) < 4.78 is 14.1. The van der Waals surface area contributed by atoms with E-state index in [4.69, 9.17) is 4.99 Å². The lowest BCUT2D eigenvalue weighted by molar-refractivity contribution is 0.148. The number of rotatable bonds is 8. The number of hydrogen-bond acceptors (Lipinski definition) is 2. The number of benzene rings is 1. The fourth-order valence-electron chi connectivity index (χ4n) is 3.85. The maximum Gasteiger partial charge on any atom is 0.118 e. The molecule has 1 aromatic rings. The fourth-order valence-corrected chi connectivity index (χ4v) is 3.85. The molecule has 0 aliphatic carbocycles. The van der Waals surface area contributed by atoms with Gasteiger partial charge in [0.25, 0.3) is 0 Å². The molecule has 1 aromatic carbocycles. The highest BCUT2D eigenvalue weighted by Gasteiger charge is 2.25. The Kier molecular flexibility index (Phi) is 9.03. The van der Waals surface area contributed by atoms with Crippen LogP contribution >= 0.6 is 0 Å². The third-order valence-electron chi connectivity index (χ3n) is 5.91. The number of piperidine rings is 1. The van der Waals surface area contributed by atoms with E-state index in [1.165, 1.54) is 5.57 Å². The molecule has 2 atom stereocenters. The van der Waals surface area contributed by atoms with Crippen molar-refractivity contribution in [2.45, 2.75) is 67.0 Å². The Morgan fingerprint density at radius 2 is 1.94 bits per heavy atom. The van der Waals surface area contributed by atoms with Crippen LogP contribution in [0.3, 0.4) is 0 Å². The molecule has 1 saturated heterocycles. The number of hydrogen-bond donors (Lipinski definition) is 0. The van der Waals surface area contributed by atoms with Crippen molar-refractivity contribution < 1.29 is 4.39 Å². The number of alkyl halides is 1. The zero-order valence-corrected chi connectivity index (χ0v) is 20.3. The first-order valence-electron chi connectivity index (χ1n) is 11.4. The van der Waals surface area contributed by atoms with Gasteiger partial charge in [-0.15, -0.1) is 0 Å². The van der Waals surface area contributed by atoms with E-state index >= 15 is 0 Å². The highest BCUT2D eigenvalue weighted by Crippen LogP contribution is 2.30. The molecule has 0 amide bonds. The molecule has 0 radical (unpaired) electrons. The van der Waals surface area contributed by atoms with E-state index in [9.17, 15) is 4.39 Å². The lowest BCUT2D eigenvalue weighted by atomic mass is 9.97. The molecule has 1 fully saturated rings. The van der Waals surface area contributed by atoms with Crippen molar-refractivity contribution in [2.75, 3.05) is 13.1 Å². The second kappa shape index (κ2) is 11.3. The van der Waals surface area contributed by atoms with E-state index in [0.29, 0.717) is 18.9 Å². The molecular weight excluding hydrogens is 383 g/mol. The smallest absolute Gasteiger partial charge is 0.118 e. The van der Waals surface area contributed by atoms with Crippen LogP contribution < -0.4 is 0 Å². The van der Waals surface area contributed by atoms with Crippen molar-refractivity contribution in [3.63, 3.8) is 0 Å². The van der Waals surface area contributed by atoms with Crippen molar-refractivity contribution in [2.24, 2.45) is 10.9 Å². The Morgan fingerprint density at radius 1 is 1.23 bits per heavy atom. The Hall–Kier alpha value is -2.42. The molecular formula is C28H39FN2. The third kappa shape index (κ3) is 7.05. The van der Waals surface area contributed by atoms with Gasteiger partial charge in [0.05, 0.1) is 5.69 Å². The lowest BCUT2D eigenvalue weighted by Gasteiger charge is -2.36. The van der Waals surface area contributed by atoms with Gasteiger partial charge in [-0.05, 0) is 74.8 Å². The quantitative estimate of drug-likeness (QED) is 0.306. The van der Waals surface area contributed by atoms with Crippen LogP contribution in [0.5, 0.6) is 0 Å². The summed E-state index contributed by atoms with van der Waals surface area (Å²) in [5, 5.41) is 0. The first-order chi connectivity index (χ1) is 14.6. The van der Waals surface area contributed by atoms with Gasteiger partial charge in [0.2, 0.25) is 0 Å². The highest BCUT2D eigenvalue weighted by molar-refractivity contribution is 6.00. The molecule has 3 heteroatoms. The van der Waals surface area contributed by atoms with Gasteiger partial charge in [-0.1, -0.05) is 63.3 Å². The Bertz CT molecular complexity index is 894. The largest absolute Gasteiger partial charge is 0.368 e. The maximum atomic E-state index is 14.1. The van der Waals surface area contributed by atoms with Crippen LogP contribution in [0.4, 0.5) is 10.1 Å². The topological polar surface area (TPSA) is 15.6 Å². The zero-order valence-electron chi connectivity index (χ0n) is 20.3. The summed E-state index contributed by atoms with van der Waals surface area (Å²) in [6, 6.07) is 6.22. The lowest BCUT2D eigenvalue weighted by Crippen LogP contribution is -2.39. The van der Waals surface area contributed by atoms with Crippen LogP contribution in [-0.2, 0) is 0 Å². The van der Waals surface area contributed by atoms with Gasteiger partial charge >= 0.3 is 0 Å². The number of nitrogens with zero attached hydrogens (tertiary/aromatic N) is 2. The monoisotopic (exact) mass is 422 g/mol. The molecule has 0 saturated carbocycles. The average molecular weight is 423 g/mol. The van der Waals surface area contributed by atoms with Gasteiger partial charge in [0, 0.05) is 24.5 Å². The number of halogens is 1. The summed E-state index contributed by atoms with van der Waals surface area (Å²) in [6.07, 6.45) is 6.42. The van der Waals surface area contributed by atoms with E-state index in [1.54, 1.807) is 0 Å². The molecule has 31 heavy (non-hydrogen) atoms. The normalized spacial score (nSPS) is 20.7. The summed E-state index contributed by atoms with van der Waals surface area (Å²) in [4.78, 5) is 7.00. The van der Waals surface area contributed by atoms with Crippen LogP contribution in [0, 0.1) is 12.8 Å². The van der Waals surface area contributed by atoms with Crippen LogP contribution in [0.1, 0.15) is 65.0 Å². The molecule has 0 aromatic heterocycles. The highest BCUT2D eigenvalue weighted by atomic mass is 19.1. The summed E-state index contributed by atoms with van der Waals surface area (Å²) in [5.74, 6) is 0.335. The van der Waals surface area contributed by atoms with Crippen molar-refractivity contribution >= 4 is 17.1 Å². The summed E-state index contributed by atoms with van der Waals surface area (Å²) >= 11 is 0. The van der Waals surface area contributed by atoms with Gasteiger partial charge < -0.3 is 4.90 Å². The first-order valence-corrected chi connectivity index (χ1v) is 11.4.